The van der Waals surface area contributed by atoms with E-state index in [2.05, 4.69) is 26.1 Å². The van der Waals surface area contributed by atoms with Gasteiger partial charge in [-0.3, -0.25) is 4.79 Å². The van der Waals surface area contributed by atoms with Gasteiger partial charge in [-0.2, -0.15) is 0 Å². The van der Waals surface area contributed by atoms with E-state index in [1.165, 1.54) is 52.1 Å². The molecule has 5 nitrogen and oxygen atoms in total. The lowest BCUT2D eigenvalue weighted by Crippen LogP contribution is -2.59. The molecule has 0 radical (unpaired) electrons. The van der Waals surface area contributed by atoms with Gasteiger partial charge in [-0.25, -0.2) is 0 Å². The predicted molar refractivity (Wildman–Crippen MR) is 128 cm³/mol. The first kappa shape index (κ1) is 24.5. The Morgan fingerprint density at radius 3 is 2.56 bits per heavy atom. The third-order valence-electron chi connectivity index (χ3n) is 11.1. The average Bonchev–Trinajstić information content (AvgIpc) is 3.13. The molecule has 32 heavy (non-hydrogen) atoms. The Balaban J connectivity index is 1.48. The molecule has 4 aliphatic rings. The molecule has 0 aromatic rings. The molecule has 0 aliphatic heterocycles. The molecular formula is C27H48N2O3. The molecule has 4 aliphatic carbocycles. The van der Waals surface area contributed by atoms with E-state index < -0.39 is 0 Å². The van der Waals surface area contributed by atoms with Crippen LogP contribution in [-0.4, -0.2) is 43.4 Å². The van der Waals surface area contributed by atoms with Gasteiger partial charge in [0.2, 0.25) is 0 Å². The van der Waals surface area contributed by atoms with Crippen molar-refractivity contribution in [1.29, 1.82) is 0 Å². The predicted octanol–water partition coefficient (Wildman–Crippen LogP) is 4.12. The van der Waals surface area contributed by atoms with Crippen LogP contribution in [0.3, 0.4) is 0 Å². The number of esters is 1. The molecule has 0 bridgehead atoms. The van der Waals surface area contributed by atoms with Crippen LogP contribution in [0.25, 0.3) is 0 Å². The summed E-state index contributed by atoms with van der Waals surface area (Å²) >= 11 is 0. The number of hydrogen-bond donors (Lipinski definition) is 3. The van der Waals surface area contributed by atoms with Crippen LogP contribution < -0.4 is 11.1 Å². The van der Waals surface area contributed by atoms with Gasteiger partial charge in [0.15, 0.2) is 0 Å². The molecule has 5 heteroatoms. The van der Waals surface area contributed by atoms with Crippen LogP contribution in [0, 0.1) is 46.3 Å². The van der Waals surface area contributed by atoms with Crippen molar-refractivity contribution in [3.8, 4) is 0 Å². The molecule has 0 amide bonds. The van der Waals surface area contributed by atoms with E-state index >= 15 is 0 Å². The average molecular weight is 449 g/mol. The van der Waals surface area contributed by atoms with Gasteiger partial charge in [-0.05, 0) is 104 Å². The number of hydrogen-bond acceptors (Lipinski definition) is 5. The van der Waals surface area contributed by atoms with Gasteiger partial charge >= 0.3 is 5.97 Å². The largest absolute Gasteiger partial charge is 0.469 e. The standard InChI is InChI=1S/C27H48N2O3/c1-17(5-8-24(31)32-4)20-6-7-21-25-22(10-12-27(20,21)3)26(2)11-9-19(29-14-13-28)15-18(26)16-23(25)30/h17-23,25,29-30H,5-16,28H2,1-4H3/t17-,18?,19-,20+,21?,22?,23-,25?,26-,27+/m0/s1. The van der Waals surface area contributed by atoms with Crippen LogP contribution in [0.15, 0.2) is 0 Å². The number of aliphatic hydroxyl groups is 1. The Bertz CT molecular complexity index is 671. The highest BCUT2D eigenvalue weighted by molar-refractivity contribution is 5.69. The molecule has 0 aromatic heterocycles. The highest BCUT2D eigenvalue weighted by Gasteiger charge is 2.62. The maximum atomic E-state index is 11.7. The molecule has 4 unspecified atom stereocenters. The molecular weight excluding hydrogens is 400 g/mol. The maximum Gasteiger partial charge on any atom is 0.305 e. The number of nitrogens with two attached hydrogens (primary N) is 1. The first-order chi connectivity index (χ1) is 15.2. The SMILES string of the molecule is COC(=O)CC[C@H](C)[C@H]1CCC2C3C(CC[C@@]21C)[C@@]1(C)CC[C@H](NCCN)CC1C[C@@H]3O. The number of nitrogens with one attached hydrogen (secondary N) is 1. The fraction of sp³-hybridized carbons (Fsp3) is 0.963. The number of fused-ring (bicyclic) bond motifs is 5. The summed E-state index contributed by atoms with van der Waals surface area (Å²) in [7, 11) is 1.49. The van der Waals surface area contributed by atoms with Crippen LogP contribution in [-0.2, 0) is 9.53 Å². The first-order valence-corrected chi connectivity index (χ1v) is 13.4. The third-order valence-corrected chi connectivity index (χ3v) is 11.1. The van der Waals surface area contributed by atoms with Crippen molar-refractivity contribution < 1.29 is 14.6 Å². The normalized spacial score (nSPS) is 46.6. The van der Waals surface area contributed by atoms with E-state index in [0.29, 0.717) is 65.3 Å². The van der Waals surface area contributed by atoms with Crippen molar-refractivity contribution >= 4 is 5.97 Å². The van der Waals surface area contributed by atoms with Gasteiger partial charge in [0.1, 0.15) is 0 Å². The Morgan fingerprint density at radius 1 is 1.12 bits per heavy atom. The zero-order valence-electron chi connectivity index (χ0n) is 20.9. The lowest BCUT2D eigenvalue weighted by molar-refractivity contribution is -0.167. The minimum atomic E-state index is -0.153. The Labute approximate surface area is 195 Å². The second-order valence-electron chi connectivity index (χ2n) is 12.3. The van der Waals surface area contributed by atoms with Crippen molar-refractivity contribution in [3.05, 3.63) is 0 Å². The van der Waals surface area contributed by atoms with E-state index in [-0.39, 0.29) is 12.1 Å². The minimum Gasteiger partial charge on any atom is -0.469 e. The lowest BCUT2D eigenvalue weighted by Gasteiger charge is -2.62. The summed E-state index contributed by atoms with van der Waals surface area (Å²) in [5.74, 6) is 3.49. The Hall–Kier alpha value is -0.650. The summed E-state index contributed by atoms with van der Waals surface area (Å²) in [5.41, 5.74) is 6.40. The fourth-order valence-corrected chi connectivity index (χ4v) is 9.32. The lowest BCUT2D eigenvalue weighted by atomic mass is 9.43. The van der Waals surface area contributed by atoms with Crippen molar-refractivity contribution in [1.82, 2.24) is 5.32 Å². The summed E-state index contributed by atoms with van der Waals surface area (Å²) < 4.78 is 4.89. The maximum absolute atomic E-state index is 11.7. The minimum absolute atomic E-state index is 0.0847. The zero-order chi connectivity index (χ0) is 23.1. The van der Waals surface area contributed by atoms with Gasteiger partial charge in [0.25, 0.3) is 0 Å². The molecule has 4 saturated carbocycles. The van der Waals surface area contributed by atoms with Gasteiger partial charge in [-0.15, -0.1) is 0 Å². The molecule has 184 valence electrons. The zero-order valence-corrected chi connectivity index (χ0v) is 20.9. The highest BCUT2D eigenvalue weighted by Crippen LogP contribution is 2.68. The number of aliphatic hydroxyl groups excluding tert-OH is 1. The molecule has 0 saturated heterocycles. The van der Waals surface area contributed by atoms with E-state index in [1.807, 2.05) is 0 Å². The third kappa shape index (κ3) is 4.15. The number of carbonyl (C=O) groups excluding carboxylic acids is 1. The Kier molecular flexibility index (Phi) is 7.30. The van der Waals surface area contributed by atoms with Gasteiger partial charge in [0.05, 0.1) is 13.2 Å². The van der Waals surface area contributed by atoms with E-state index in [4.69, 9.17) is 10.5 Å². The molecule has 0 heterocycles. The van der Waals surface area contributed by atoms with Crippen molar-refractivity contribution in [2.75, 3.05) is 20.2 Å². The quantitative estimate of drug-likeness (QED) is 0.510. The van der Waals surface area contributed by atoms with E-state index in [1.54, 1.807) is 0 Å². The molecule has 4 N–H and O–H groups in total. The summed E-state index contributed by atoms with van der Waals surface area (Å²) in [6, 6.07) is 0.570. The highest BCUT2D eigenvalue weighted by atomic mass is 16.5. The molecule has 4 rings (SSSR count). The van der Waals surface area contributed by atoms with Gasteiger partial charge in [-0.1, -0.05) is 20.8 Å². The van der Waals surface area contributed by atoms with Crippen LogP contribution >= 0.6 is 0 Å². The van der Waals surface area contributed by atoms with Crippen LogP contribution in [0.4, 0.5) is 0 Å². The number of carbonyl (C=O) groups is 1. The number of ether oxygens (including phenoxy) is 1. The Morgan fingerprint density at radius 2 is 1.84 bits per heavy atom. The molecule has 0 aromatic carbocycles. The smallest absolute Gasteiger partial charge is 0.305 e. The fourth-order valence-electron chi connectivity index (χ4n) is 9.32. The number of methoxy groups -OCH3 is 1. The molecule has 0 spiro atoms. The molecule has 10 atom stereocenters. The monoisotopic (exact) mass is 448 g/mol. The van der Waals surface area contributed by atoms with Crippen LogP contribution in [0.1, 0.15) is 85.0 Å². The van der Waals surface area contributed by atoms with E-state index in [0.717, 1.165) is 19.4 Å². The number of rotatable bonds is 7. The second kappa shape index (κ2) is 9.54. The van der Waals surface area contributed by atoms with Crippen LogP contribution in [0.2, 0.25) is 0 Å². The molecule has 4 fully saturated rings. The second-order valence-corrected chi connectivity index (χ2v) is 12.3. The van der Waals surface area contributed by atoms with Crippen molar-refractivity contribution in [2.45, 2.75) is 97.1 Å². The summed E-state index contributed by atoms with van der Waals surface area (Å²) in [4.78, 5) is 11.7. The van der Waals surface area contributed by atoms with Crippen molar-refractivity contribution in [3.63, 3.8) is 0 Å². The van der Waals surface area contributed by atoms with Gasteiger partial charge < -0.3 is 20.9 Å². The summed E-state index contributed by atoms with van der Waals surface area (Å²) in [6.45, 7) is 9.03. The topological polar surface area (TPSA) is 84.6 Å². The van der Waals surface area contributed by atoms with E-state index in [9.17, 15) is 9.90 Å². The summed E-state index contributed by atoms with van der Waals surface area (Å²) in [5, 5.41) is 15.2. The first-order valence-electron chi connectivity index (χ1n) is 13.4. The van der Waals surface area contributed by atoms with Gasteiger partial charge in [0, 0.05) is 25.6 Å². The van der Waals surface area contributed by atoms with Crippen LogP contribution in [0.5, 0.6) is 0 Å². The van der Waals surface area contributed by atoms with Crippen molar-refractivity contribution in [2.24, 2.45) is 52.1 Å². The summed E-state index contributed by atoms with van der Waals surface area (Å²) in [6.07, 6.45) is 11.1.